The van der Waals surface area contributed by atoms with Crippen molar-refractivity contribution in [3.05, 3.63) is 30.3 Å². The van der Waals surface area contributed by atoms with Crippen molar-refractivity contribution in [3.63, 3.8) is 0 Å². The monoisotopic (exact) mass is 264 g/mol. The van der Waals surface area contributed by atoms with E-state index in [9.17, 15) is 4.21 Å². The SMILES string of the molecule is CC(C)[C@H]1CC[C@H](C)C[C@H]1[S@@](=O)c1ccccc1. The van der Waals surface area contributed by atoms with Crippen LogP contribution in [0.1, 0.15) is 40.0 Å². The Kier molecular flexibility index (Phi) is 4.60. The first-order valence-electron chi connectivity index (χ1n) is 7.05. The van der Waals surface area contributed by atoms with E-state index in [0.29, 0.717) is 17.1 Å². The van der Waals surface area contributed by atoms with Gasteiger partial charge in [0.25, 0.3) is 0 Å². The van der Waals surface area contributed by atoms with Gasteiger partial charge in [-0.1, -0.05) is 45.4 Å². The highest BCUT2D eigenvalue weighted by molar-refractivity contribution is 7.85. The fourth-order valence-electron chi connectivity index (χ4n) is 3.09. The largest absolute Gasteiger partial charge is 0.254 e. The molecule has 0 heterocycles. The van der Waals surface area contributed by atoms with Gasteiger partial charge in [-0.3, -0.25) is 4.21 Å². The van der Waals surface area contributed by atoms with Crippen LogP contribution in [-0.4, -0.2) is 9.46 Å². The van der Waals surface area contributed by atoms with Gasteiger partial charge in [0.05, 0.1) is 10.8 Å². The summed E-state index contributed by atoms with van der Waals surface area (Å²) in [6, 6.07) is 9.98. The van der Waals surface area contributed by atoms with Gasteiger partial charge in [0.1, 0.15) is 0 Å². The number of hydrogen-bond donors (Lipinski definition) is 0. The standard InChI is InChI=1S/C16H24OS/c1-12(2)15-10-9-13(3)11-16(15)18(17)14-7-5-4-6-8-14/h4-8,12-13,15-16H,9-11H2,1-3H3/t13-,15+,16+,18-/m0/s1. The van der Waals surface area contributed by atoms with Gasteiger partial charge in [0, 0.05) is 10.1 Å². The van der Waals surface area contributed by atoms with Crippen molar-refractivity contribution >= 4 is 10.8 Å². The average Bonchev–Trinajstić information content (AvgIpc) is 2.38. The van der Waals surface area contributed by atoms with Crippen LogP contribution in [0.3, 0.4) is 0 Å². The molecular formula is C16H24OS. The zero-order valence-corrected chi connectivity index (χ0v) is 12.5. The topological polar surface area (TPSA) is 17.1 Å². The third kappa shape index (κ3) is 3.03. The highest BCUT2D eigenvalue weighted by Crippen LogP contribution is 2.37. The second-order valence-electron chi connectivity index (χ2n) is 5.98. The summed E-state index contributed by atoms with van der Waals surface area (Å²) in [5, 5.41) is 0.344. The maximum absolute atomic E-state index is 12.8. The summed E-state index contributed by atoms with van der Waals surface area (Å²) >= 11 is 0. The van der Waals surface area contributed by atoms with Gasteiger partial charge in [-0.25, -0.2) is 0 Å². The molecule has 1 nitrogen and oxygen atoms in total. The maximum atomic E-state index is 12.8. The van der Waals surface area contributed by atoms with E-state index in [1.54, 1.807) is 0 Å². The van der Waals surface area contributed by atoms with Gasteiger partial charge in [-0.15, -0.1) is 0 Å². The molecule has 0 bridgehead atoms. The molecule has 0 saturated heterocycles. The molecule has 0 aliphatic heterocycles. The highest BCUT2D eigenvalue weighted by atomic mass is 32.2. The van der Waals surface area contributed by atoms with Crippen LogP contribution in [0.2, 0.25) is 0 Å². The molecule has 0 unspecified atom stereocenters. The summed E-state index contributed by atoms with van der Waals surface area (Å²) in [7, 11) is -0.841. The van der Waals surface area contributed by atoms with Crippen LogP contribution in [0.15, 0.2) is 35.2 Å². The predicted octanol–water partition coefficient (Wildman–Crippen LogP) is 4.26. The van der Waals surface area contributed by atoms with E-state index >= 15 is 0 Å². The van der Waals surface area contributed by atoms with Crippen molar-refractivity contribution in [3.8, 4) is 0 Å². The Balaban J connectivity index is 2.20. The van der Waals surface area contributed by atoms with E-state index in [0.717, 1.165) is 17.2 Å². The smallest absolute Gasteiger partial charge is 0.0563 e. The third-order valence-corrected chi connectivity index (χ3v) is 6.04. The summed E-state index contributed by atoms with van der Waals surface area (Å²) < 4.78 is 12.8. The van der Waals surface area contributed by atoms with Gasteiger partial charge in [-0.2, -0.15) is 0 Å². The fraction of sp³-hybridized carbons (Fsp3) is 0.625. The number of hydrogen-bond acceptors (Lipinski definition) is 1. The summed E-state index contributed by atoms with van der Waals surface area (Å²) in [5.74, 6) is 1.97. The van der Waals surface area contributed by atoms with E-state index < -0.39 is 10.8 Å². The van der Waals surface area contributed by atoms with Crippen LogP contribution >= 0.6 is 0 Å². The Morgan fingerprint density at radius 2 is 1.83 bits per heavy atom. The lowest BCUT2D eigenvalue weighted by Crippen LogP contribution is -2.35. The molecule has 2 rings (SSSR count). The average molecular weight is 264 g/mol. The van der Waals surface area contributed by atoms with Crippen molar-refractivity contribution in [1.29, 1.82) is 0 Å². The van der Waals surface area contributed by atoms with Gasteiger partial charge in [-0.05, 0) is 42.7 Å². The van der Waals surface area contributed by atoms with Crippen molar-refractivity contribution in [2.24, 2.45) is 17.8 Å². The second kappa shape index (κ2) is 6.01. The molecule has 4 atom stereocenters. The van der Waals surface area contributed by atoms with Gasteiger partial charge in [0.15, 0.2) is 0 Å². The first kappa shape index (κ1) is 13.8. The summed E-state index contributed by atoms with van der Waals surface area (Å²) in [6.45, 7) is 6.84. The van der Waals surface area contributed by atoms with Crippen LogP contribution in [-0.2, 0) is 10.8 Å². The minimum atomic E-state index is -0.841. The Labute approximate surface area is 113 Å². The first-order valence-corrected chi connectivity index (χ1v) is 8.26. The van der Waals surface area contributed by atoms with Crippen LogP contribution in [0.5, 0.6) is 0 Å². The van der Waals surface area contributed by atoms with E-state index in [1.165, 1.54) is 12.8 Å². The molecule has 1 aromatic carbocycles. The maximum Gasteiger partial charge on any atom is 0.0563 e. The quantitative estimate of drug-likeness (QED) is 0.797. The van der Waals surface area contributed by atoms with Crippen molar-refractivity contribution in [1.82, 2.24) is 0 Å². The summed E-state index contributed by atoms with van der Waals surface area (Å²) in [4.78, 5) is 1.00. The molecule has 2 heteroatoms. The zero-order valence-electron chi connectivity index (χ0n) is 11.6. The first-order chi connectivity index (χ1) is 8.59. The Bertz CT molecular complexity index is 399. The molecule has 0 amide bonds. The van der Waals surface area contributed by atoms with Crippen LogP contribution < -0.4 is 0 Å². The minimum Gasteiger partial charge on any atom is -0.254 e. The molecule has 0 N–H and O–H groups in total. The molecule has 0 radical (unpaired) electrons. The molecule has 0 spiro atoms. The predicted molar refractivity (Wildman–Crippen MR) is 78.0 cm³/mol. The van der Waals surface area contributed by atoms with Gasteiger partial charge in [0.2, 0.25) is 0 Å². The molecule has 1 fully saturated rings. The summed E-state index contributed by atoms with van der Waals surface area (Å²) in [5.41, 5.74) is 0. The lowest BCUT2D eigenvalue weighted by atomic mass is 9.77. The lowest BCUT2D eigenvalue weighted by Gasteiger charge is -2.36. The lowest BCUT2D eigenvalue weighted by molar-refractivity contribution is 0.241. The Hall–Kier alpha value is -0.630. The number of rotatable bonds is 3. The van der Waals surface area contributed by atoms with E-state index in [1.807, 2.05) is 30.3 Å². The van der Waals surface area contributed by atoms with Crippen molar-refractivity contribution in [2.75, 3.05) is 0 Å². The van der Waals surface area contributed by atoms with Crippen molar-refractivity contribution in [2.45, 2.75) is 50.2 Å². The molecule has 1 aliphatic rings. The summed E-state index contributed by atoms with van der Waals surface area (Å²) in [6.07, 6.45) is 3.65. The molecule has 1 aliphatic carbocycles. The molecule has 1 saturated carbocycles. The Morgan fingerprint density at radius 3 is 2.44 bits per heavy atom. The molecular weight excluding hydrogens is 240 g/mol. The van der Waals surface area contributed by atoms with Crippen molar-refractivity contribution < 1.29 is 4.21 Å². The molecule has 100 valence electrons. The zero-order chi connectivity index (χ0) is 13.1. The van der Waals surface area contributed by atoms with Gasteiger partial charge < -0.3 is 0 Å². The minimum absolute atomic E-state index is 0.344. The second-order valence-corrected chi connectivity index (χ2v) is 7.65. The molecule has 0 aromatic heterocycles. The van der Waals surface area contributed by atoms with Crippen LogP contribution in [0.25, 0.3) is 0 Å². The van der Waals surface area contributed by atoms with Crippen LogP contribution in [0, 0.1) is 17.8 Å². The highest BCUT2D eigenvalue weighted by Gasteiger charge is 2.34. The third-order valence-electron chi connectivity index (χ3n) is 4.21. The molecule has 18 heavy (non-hydrogen) atoms. The van der Waals surface area contributed by atoms with Gasteiger partial charge >= 0.3 is 0 Å². The van der Waals surface area contributed by atoms with E-state index in [2.05, 4.69) is 20.8 Å². The van der Waals surface area contributed by atoms with E-state index in [-0.39, 0.29) is 0 Å². The fourth-order valence-corrected chi connectivity index (χ4v) is 5.14. The van der Waals surface area contributed by atoms with Crippen LogP contribution in [0.4, 0.5) is 0 Å². The van der Waals surface area contributed by atoms with E-state index in [4.69, 9.17) is 0 Å². The molecule has 1 aromatic rings. The number of benzene rings is 1. The normalized spacial score (nSPS) is 30.3. The Morgan fingerprint density at radius 1 is 1.17 bits per heavy atom.